The highest BCUT2D eigenvalue weighted by Crippen LogP contribution is 2.24. The van der Waals surface area contributed by atoms with E-state index in [-0.39, 0.29) is 0 Å². The van der Waals surface area contributed by atoms with Crippen LogP contribution in [-0.2, 0) is 0 Å². The lowest BCUT2D eigenvalue weighted by Gasteiger charge is -2.04. The molecule has 3 N–H and O–H groups in total. The number of nitrogen functional groups attached to an aromatic ring is 1. The Labute approximate surface area is 90.3 Å². The first-order chi connectivity index (χ1) is 7.35. The number of benzene rings is 1. The summed E-state index contributed by atoms with van der Waals surface area (Å²) in [6.07, 6.45) is 0. The maximum absolute atomic E-state index is 8.59. The lowest BCUT2D eigenvalue weighted by Crippen LogP contribution is -2.10. The lowest BCUT2D eigenvalue weighted by molar-refractivity contribution is 1.10. The zero-order valence-electron chi connectivity index (χ0n) is 7.64. The molecule has 1 heterocycles. The number of thiocyanates is 1. The van der Waals surface area contributed by atoms with Gasteiger partial charge in [0.05, 0.1) is 11.0 Å². The number of hydrogen-bond acceptors (Lipinski definition) is 6. The smallest absolute Gasteiger partial charge is 0.174 e. The molecule has 1 aromatic carbocycles. The van der Waals surface area contributed by atoms with Gasteiger partial charge in [-0.1, -0.05) is 12.1 Å². The molecule has 0 aliphatic heterocycles. The normalized spacial score (nSPS) is 9.87. The first kappa shape index (κ1) is 9.71. The van der Waals surface area contributed by atoms with Crippen LogP contribution in [0.1, 0.15) is 0 Å². The van der Waals surface area contributed by atoms with Gasteiger partial charge in [0.15, 0.2) is 10.8 Å². The summed E-state index contributed by atoms with van der Waals surface area (Å²) in [5.74, 6) is 5.71. The minimum absolute atomic E-state index is 0.417. The number of anilines is 1. The van der Waals surface area contributed by atoms with E-state index in [0.717, 1.165) is 22.8 Å². The molecule has 6 heteroatoms. The van der Waals surface area contributed by atoms with Crippen LogP contribution in [0, 0.1) is 10.7 Å². The highest BCUT2D eigenvalue weighted by atomic mass is 32.2. The minimum Gasteiger partial charge on any atom is -0.306 e. The average molecular weight is 217 g/mol. The first-order valence-corrected chi connectivity index (χ1v) is 4.96. The number of hydrogen-bond donors (Lipinski definition) is 2. The van der Waals surface area contributed by atoms with Crippen LogP contribution in [-0.4, -0.2) is 9.97 Å². The number of nitrogens with zero attached hydrogens (tertiary/aromatic N) is 3. The molecule has 0 saturated heterocycles. The molecular formula is C9H7N5S. The predicted octanol–water partition coefficient (Wildman–Crippen LogP) is 1.49. The molecule has 1 aromatic heterocycles. The third-order valence-electron chi connectivity index (χ3n) is 1.82. The molecule has 0 unspecified atom stereocenters. The van der Waals surface area contributed by atoms with Gasteiger partial charge in [-0.2, -0.15) is 5.26 Å². The van der Waals surface area contributed by atoms with Gasteiger partial charge in [0, 0.05) is 11.8 Å². The van der Waals surface area contributed by atoms with Crippen molar-refractivity contribution in [2.75, 3.05) is 5.43 Å². The molecule has 0 aliphatic rings. The second kappa shape index (κ2) is 4.13. The van der Waals surface area contributed by atoms with Crippen molar-refractivity contribution >= 4 is 28.6 Å². The Morgan fingerprint density at radius 2 is 1.93 bits per heavy atom. The quantitative estimate of drug-likeness (QED) is 0.343. The zero-order chi connectivity index (χ0) is 10.7. The number of para-hydroxylation sites is 2. The average Bonchev–Trinajstić information content (AvgIpc) is 2.28. The number of nitriles is 1. The molecule has 0 aliphatic carbocycles. The highest BCUT2D eigenvalue weighted by Gasteiger charge is 2.07. The molecule has 0 saturated carbocycles. The SMILES string of the molecule is N#CSc1nc2ccccc2nc1NN. The van der Waals surface area contributed by atoms with Crippen LogP contribution in [0.5, 0.6) is 0 Å². The number of rotatable bonds is 2. The molecule has 0 spiro atoms. The predicted molar refractivity (Wildman–Crippen MR) is 58.8 cm³/mol. The minimum atomic E-state index is 0.417. The van der Waals surface area contributed by atoms with Crippen molar-refractivity contribution in [3.05, 3.63) is 24.3 Å². The summed E-state index contributed by atoms with van der Waals surface area (Å²) >= 11 is 0.931. The van der Waals surface area contributed by atoms with E-state index in [4.69, 9.17) is 11.1 Å². The topological polar surface area (TPSA) is 87.6 Å². The molecule has 2 rings (SSSR count). The summed E-state index contributed by atoms with van der Waals surface area (Å²) in [6.45, 7) is 0. The number of fused-ring (bicyclic) bond motifs is 1. The molecule has 0 atom stereocenters. The van der Waals surface area contributed by atoms with Crippen LogP contribution in [0.4, 0.5) is 5.82 Å². The number of hydrazine groups is 1. The van der Waals surface area contributed by atoms with E-state index in [1.54, 1.807) is 0 Å². The van der Waals surface area contributed by atoms with Crippen LogP contribution in [0.25, 0.3) is 11.0 Å². The summed E-state index contributed by atoms with van der Waals surface area (Å²) in [5, 5.41) is 11.0. The molecular weight excluding hydrogens is 210 g/mol. The molecule has 0 amide bonds. The third kappa shape index (κ3) is 1.83. The molecule has 0 bridgehead atoms. The maximum atomic E-state index is 8.59. The van der Waals surface area contributed by atoms with Crippen molar-refractivity contribution in [2.45, 2.75) is 5.03 Å². The third-order valence-corrected chi connectivity index (χ3v) is 2.39. The van der Waals surface area contributed by atoms with E-state index in [9.17, 15) is 0 Å². The molecule has 15 heavy (non-hydrogen) atoms. The fraction of sp³-hybridized carbons (Fsp3) is 0. The summed E-state index contributed by atoms with van der Waals surface area (Å²) in [7, 11) is 0. The largest absolute Gasteiger partial charge is 0.306 e. The van der Waals surface area contributed by atoms with Gasteiger partial charge in [0.1, 0.15) is 5.40 Å². The molecule has 5 nitrogen and oxygen atoms in total. The van der Waals surface area contributed by atoms with Gasteiger partial charge in [-0.05, 0) is 12.1 Å². The fourth-order valence-corrected chi connectivity index (χ4v) is 1.62. The highest BCUT2D eigenvalue weighted by molar-refractivity contribution is 8.03. The van der Waals surface area contributed by atoms with Crippen LogP contribution < -0.4 is 11.3 Å². The number of aromatic nitrogens is 2. The van der Waals surface area contributed by atoms with E-state index in [1.165, 1.54) is 0 Å². The molecule has 2 aromatic rings. The Morgan fingerprint density at radius 1 is 1.27 bits per heavy atom. The monoisotopic (exact) mass is 217 g/mol. The Hall–Kier alpha value is -1.84. The van der Waals surface area contributed by atoms with Crippen molar-refractivity contribution in [1.29, 1.82) is 5.26 Å². The van der Waals surface area contributed by atoms with Crippen LogP contribution in [0.2, 0.25) is 0 Å². The Morgan fingerprint density at radius 3 is 2.53 bits per heavy atom. The zero-order valence-corrected chi connectivity index (χ0v) is 8.45. The second-order valence-electron chi connectivity index (χ2n) is 2.70. The standard InChI is InChI=1S/C9H7N5S/c10-5-15-9-8(14-11)12-6-3-1-2-4-7(6)13-9/h1-4H,11H2,(H,12,14). The fourth-order valence-electron chi connectivity index (χ4n) is 1.19. The Bertz CT molecular complexity index is 534. The van der Waals surface area contributed by atoms with Crippen molar-refractivity contribution in [3.8, 4) is 5.40 Å². The second-order valence-corrected chi connectivity index (χ2v) is 3.48. The van der Waals surface area contributed by atoms with Gasteiger partial charge in [0.25, 0.3) is 0 Å². The van der Waals surface area contributed by atoms with E-state index in [0.29, 0.717) is 10.8 Å². The molecule has 0 radical (unpaired) electrons. The lowest BCUT2D eigenvalue weighted by atomic mass is 10.3. The Balaban J connectivity index is 2.64. The van der Waals surface area contributed by atoms with Gasteiger partial charge < -0.3 is 5.43 Å². The van der Waals surface area contributed by atoms with E-state index < -0.39 is 0 Å². The Kier molecular flexibility index (Phi) is 2.67. The van der Waals surface area contributed by atoms with Crippen molar-refractivity contribution in [3.63, 3.8) is 0 Å². The summed E-state index contributed by atoms with van der Waals surface area (Å²) in [5.41, 5.74) is 3.91. The molecule has 0 fully saturated rings. The number of thioether (sulfide) groups is 1. The van der Waals surface area contributed by atoms with E-state index in [1.807, 2.05) is 29.7 Å². The summed E-state index contributed by atoms with van der Waals surface area (Å²) < 4.78 is 0. The molecule has 74 valence electrons. The first-order valence-electron chi connectivity index (χ1n) is 4.14. The van der Waals surface area contributed by atoms with Gasteiger partial charge >= 0.3 is 0 Å². The number of nitrogens with two attached hydrogens (primary N) is 1. The van der Waals surface area contributed by atoms with Crippen LogP contribution in [0.3, 0.4) is 0 Å². The van der Waals surface area contributed by atoms with Crippen LogP contribution >= 0.6 is 11.8 Å². The van der Waals surface area contributed by atoms with Crippen LogP contribution in [0.15, 0.2) is 29.3 Å². The summed E-state index contributed by atoms with van der Waals surface area (Å²) in [6, 6.07) is 7.41. The van der Waals surface area contributed by atoms with Gasteiger partial charge in [-0.15, -0.1) is 0 Å². The van der Waals surface area contributed by atoms with E-state index in [2.05, 4.69) is 15.4 Å². The van der Waals surface area contributed by atoms with Crippen molar-refractivity contribution in [1.82, 2.24) is 9.97 Å². The maximum Gasteiger partial charge on any atom is 0.174 e. The van der Waals surface area contributed by atoms with Gasteiger partial charge in [-0.25, -0.2) is 15.8 Å². The summed E-state index contributed by atoms with van der Waals surface area (Å²) in [4.78, 5) is 8.51. The van der Waals surface area contributed by atoms with Gasteiger partial charge in [0.2, 0.25) is 0 Å². The van der Waals surface area contributed by atoms with E-state index >= 15 is 0 Å². The number of nitrogens with one attached hydrogen (secondary N) is 1. The van der Waals surface area contributed by atoms with Crippen molar-refractivity contribution in [2.24, 2.45) is 5.84 Å². The van der Waals surface area contributed by atoms with Crippen molar-refractivity contribution < 1.29 is 0 Å². The van der Waals surface area contributed by atoms with Gasteiger partial charge in [-0.3, -0.25) is 0 Å².